The highest BCUT2D eigenvalue weighted by Crippen LogP contribution is 2.29. The maximum absolute atomic E-state index is 11.4. The van der Waals surface area contributed by atoms with Gasteiger partial charge in [-0.2, -0.15) is 4.98 Å². The van der Waals surface area contributed by atoms with Gasteiger partial charge in [-0.15, -0.1) is 0 Å². The highest BCUT2D eigenvalue weighted by Gasteiger charge is 2.15. The molecule has 0 spiro atoms. The Morgan fingerprint density at radius 1 is 1.47 bits per heavy atom. The Kier molecular flexibility index (Phi) is 3.06. The number of nitrogens with zero attached hydrogens (tertiary/aromatic N) is 2. The van der Waals surface area contributed by atoms with E-state index in [0.29, 0.717) is 27.2 Å². The number of carbonyl (C=O) groups excluding carboxylic acids is 1. The minimum Gasteiger partial charge on any atom is -0.465 e. The van der Waals surface area contributed by atoms with Crippen molar-refractivity contribution in [2.45, 2.75) is 0 Å². The fourth-order valence-corrected chi connectivity index (χ4v) is 1.94. The van der Waals surface area contributed by atoms with Gasteiger partial charge in [-0.3, -0.25) is 0 Å². The Morgan fingerprint density at radius 2 is 2.18 bits per heavy atom. The lowest BCUT2D eigenvalue weighted by Gasteiger charge is -2.03. The molecule has 0 aliphatic carbocycles. The summed E-state index contributed by atoms with van der Waals surface area (Å²) >= 11 is 3.35. The molecule has 0 unspecified atom stereocenters. The van der Waals surface area contributed by atoms with E-state index in [1.807, 2.05) is 14.1 Å². The number of esters is 1. The van der Waals surface area contributed by atoms with Crippen LogP contribution < -0.4 is 4.90 Å². The second-order valence-corrected chi connectivity index (χ2v) is 4.54. The molecule has 0 bridgehead atoms. The van der Waals surface area contributed by atoms with Crippen LogP contribution in [0.15, 0.2) is 21.0 Å². The fourth-order valence-electron chi connectivity index (χ4n) is 1.41. The molecule has 1 aromatic heterocycles. The molecule has 0 fully saturated rings. The quantitative estimate of drug-likeness (QED) is 0.797. The first-order chi connectivity index (χ1) is 8.02. The number of ether oxygens (including phenoxy) is 1. The zero-order valence-corrected chi connectivity index (χ0v) is 11.2. The van der Waals surface area contributed by atoms with Crippen LogP contribution in [0.1, 0.15) is 10.4 Å². The molecular weight excluding hydrogens is 288 g/mol. The van der Waals surface area contributed by atoms with E-state index in [1.54, 1.807) is 17.0 Å². The van der Waals surface area contributed by atoms with Crippen molar-refractivity contribution in [1.29, 1.82) is 0 Å². The maximum atomic E-state index is 11.4. The number of halogens is 1. The SMILES string of the molecule is COC(=O)c1cc(Br)c2oc(N(C)C)nc2c1. The van der Waals surface area contributed by atoms with Gasteiger partial charge in [0.05, 0.1) is 17.1 Å². The van der Waals surface area contributed by atoms with Crippen LogP contribution in [0.2, 0.25) is 0 Å². The van der Waals surface area contributed by atoms with E-state index in [2.05, 4.69) is 25.7 Å². The predicted octanol–water partition coefficient (Wildman–Crippen LogP) is 2.44. The van der Waals surface area contributed by atoms with Gasteiger partial charge in [0.25, 0.3) is 6.01 Å². The number of carbonyl (C=O) groups is 1. The van der Waals surface area contributed by atoms with E-state index in [-0.39, 0.29) is 0 Å². The first kappa shape index (κ1) is 11.9. The summed E-state index contributed by atoms with van der Waals surface area (Å²) in [6, 6.07) is 3.78. The molecule has 1 aromatic carbocycles. The van der Waals surface area contributed by atoms with E-state index >= 15 is 0 Å². The number of benzene rings is 1. The molecule has 2 rings (SSSR count). The molecule has 0 radical (unpaired) electrons. The van der Waals surface area contributed by atoms with Crippen molar-refractivity contribution in [3.63, 3.8) is 0 Å². The Labute approximate surface area is 106 Å². The van der Waals surface area contributed by atoms with Gasteiger partial charge in [0.2, 0.25) is 0 Å². The lowest BCUT2D eigenvalue weighted by atomic mass is 10.2. The average molecular weight is 299 g/mol. The summed E-state index contributed by atoms with van der Waals surface area (Å²) in [5, 5.41) is 0. The first-order valence-electron chi connectivity index (χ1n) is 4.88. The molecule has 0 atom stereocenters. The lowest BCUT2D eigenvalue weighted by molar-refractivity contribution is 0.0601. The van der Waals surface area contributed by atoms with Crippen molar-refractivity contribution in [2.75, 3.05) is 26.1 Å². The number of fused-ring (bicyclic) bond motifs is 1. The monoisotopic (exact) mass is 298 g/mol. The zero-order valence-electron chi connectivity index (χ0n) is 9.65. The summed E-state index contributed by atoms with van der Waals surface area (Å²) in [4.78, 5) is 17.5. The van der Waals surface area contributed by atoms with Crippen LogP contribution in [0.25, 0.3) is 11.1 Å². The van der Waals surface area contributed by atoms with Gasteiger partial charge in [-0.1, -0.05) is 0 Å². The van der Waals surface area contributed by atoms with Crippen LogP contribution in [0, 0.1) is 0 Å². The third-order valence-electron chi connectivity index (χ3n) is 2.24. The molecule has 0 N–H and O–H groups in total. The average Bonchev–Trinajstić information content (AvgIpc) is 2.72. The second-order valence-electron chi connectivity index (χ2n) is 3.69. The second kappa shape index (κ2) is 4.37. The van der Waals surface area contributed by atoms with Crippen molar-refractivity contribution in [2.24, 2.45) is 0 Å². The minimum absolute atomic E-state index is 0.401. The number of aromatic nitrogens is 1. The van der Waals surface area contributed by atoms with Crippen molar-refractivity contribution in [3.05, 3.63) is 22.2 Å². The van der Waals surface area contributed by atoms with Crippen molar-refractivity contribution >= 4 is 39.0 Å². The summed E-state index contributed by atoms with van der Waals surface area (Å²) < 4.78 is 10.9. The molecule has 1 heterocycles. The Hall–Kier alpha value is -1.56. The number of methoxy groups -OCH3 is 1. The van der Waals surface area contributed by atoms with Gasteiger partial charge >= 0.3 is 5.97 Å². The maximum Gasteiger partial charge on any atom is 0.337 e. The van der Waals surface area contributed by atoms with Gasteiger partial charge in [0, 0.05) is 14.1 Å². The van der Waals surface area contributed by atoms with Crippen LogP contribution in [0.5, 0.6) is 0 Å². The molecule has 6 heteroatoms. The first-order valence-corrected chi connectivity index (χ1v) is 5.68. The topological polar surface area (TPSA) is 55.6 Å². The smallest absolute Gasteiger partial charge is 0.337 e. The summed E-state index contributed by atoms with van der Waals surface area (Å²) in [6.07, 6.45) is 0. The third-order valence-corrected chi connectivity index (χ3v) is 2.83. The van der Waals surface area contributed by atoms with Crippen molar-refractivity contribution < 1.29 is 13.9 Å². The van der Waals surface area contributed by atoms with Crippen LogP contribution >= 0.6 is 15.9 Å². The third kappa shape index (κ3) is 2.12. The van der Waals surface area contributed by atoms with E-state index in [9.17, 15) is 4.79 Å². The highest BCUT2D eigenvalue weighted by molar-refractivity contribution is 9.10. The van der Waals surface area contributed by atoms with Crippen LogP contribution in [0.3, 0.4) is 0 Å². The van der Waals surface area contributed by atoms with E-state index in [0.717, 1.165) is 0 Å². The van der Waals surface area contributed by atoms with Gasteiger partial charge in [-0.05, 0) is 28.1 Å². The van der Waals surface area contributed by atoms with Gasteiger partial charge in [-0.25, -0.2) is 4.79 Å². The molecule has 17 heavy (non-hydrogen) atoms. The molecule has 0 amide bonds. The molecule has 90 valence electrons. The van der Waals surface area contributed by atoms with Gasteiger partial charge < -0.3 is 14.1 Å². The van der Waals surface area contributed by atoms with Crippen LogP contribution in [0.4, 0.5) is 6.01 Å². The predicted molar refractivity (Wildman–Crippen MR) is 67.4 cm³/mol. The molecule has 5 nitrogen and oxygen atoms in total. The Balaban J connectivity index is 2.61. The molecule has 2 aromatic rings. The Morgan fingerprint density at radius 3 is 2.76 bits per heavy atom. The number of anilines is 1. The largest absolute Gasteiger partial charge is 0.465 e. The summed E-state index contributed by atoms with van der Waals surface area (Å²) in [5.74, 6) is -0.401. The Bertz CT molecular complexity index is 577. The van der Waals surface area contributed by atoms with E-state index in [1.165, 1.54) is 7.11 Å². The molecule has 0 aliphatic rings. The summed E-state index contributed by atoms with van der Waals surface area (Å²) in [6.45, 7) is 0. The zero-order chi connectivity index (χ0) is 12.6. The van der Waals surface area contributed by atoms with Gasteiger partial charge in [0.1, 0.15) is 5.52 Å². The molecule has 0 aliphatic heterocycles. The standard InChI is InChI=1S/C11H11BrN2O3/c1-14(2)11-13-8-5-6(10(15)16-3)4-7(12)9(8)17-11/h4-5H,1-3H3. The summed E-state index contributed by atoms with van der Waals surface area (Å²) in [7, 11) is 5.01. The lowest BCUT2D eigenvalue weighted by Crippen LogP contribution is -2.08. The fraction of sp³-hybridized carbons (Fsp3) is 0.273. The molecule has 0 saturated carbocycles. The number of hydrogen-bond donors (Lipinski definition) is 0. The number of hydrogen-bond acceptors (Lipinski definition) is 5. The summed E-state index contributed by atoms with van der Waals surface area (Å²) in [5.41, 5.74) is 1.66. The van der Waals surface area contributed by atoms with E-state index in [4.69, 9.17) is 4.42 Å². The highest BCUT2D eigenvalue weighted by atomic mass is 79.9. The molecular formula is C11H11BrN2O3. The number of oxazole rings is 1. The van der Waals surface area contributed by atoms with Crippen molar-refractivity contribution in [3.8, 4) is 0 Å². The van der Waals surface area contributed by atoms with Gasteiger partial charge in [0.15, 0.2) is 5.58 Å². The van der Waals surface area contributed by atoms with E-state index < -0.39 is 5.97 Å². The van der Waals surface area contributed by atoms with Crippen LogP contribution in [-0.2, 0) is 4.74 Å². The minimum atomic E-state index is -0.401. The van der Waals surface area contributed by atoms with Crippen LogP contribution in [-0.4, -0.2) is 32.2 Å². The normalized spacial score (nSPS) is 10.6. The number of rotatable bonds is 2. The molecule has 0 saturated heterocycles. The van der Waals surface area contributed by atoms with Crippen molar-refractivity contribution in [1.82, 2.24) is 4.98 Å².